The summed E-state index contributed by atoms with van der Waals surface area (Å²) in [6.45, 7) is 1.74. The van der Waals surface area contributed by atoms with Crippen LogP contribution in [-0.4, -0.2) is 34.5 Å². The van der Waals surface area contributed by atoms with Crippen molar-refractivity contribution in [2.24, 2.45) is 0 Å². The third-order valence-corrected chi connectivity index (χ3v) is 4.54. The summed E-state index contributed by atoms with van der Waals surface area (Å²) in [5.74, 6) is -1.18. The fourth-order valence-electron chi connectivity index (χ4n) is 3.03. The van der Waals surface area contributed by atoms with Gasteiger partial charge in [-0.3, -0.25) is 9.59 Å². The summed E-state index contributed by atoms with van der Waals surface area (Å²) in [6, 6.07) is 14.2. The van der Waals surface area contributed by atoms with E-state index < -0.39 is 5.97 Å². The number of nitrogens with zero attached hydrogens (tertiary/aromatic N) is 1. The van der Waals surface area contributed by atoms with E-state index in [2.05, 4.69) is 16.0 Å². The zero-order chi connectivity index (χ0) is 22.9. The van der Waals surface area contributed by atoms with E-state index in [0.717, 1.165) is 16.8 Å². The molecule has 1 heterocycles. The molecule has 0 aliphatic carbocycles. The third kappa shape index (κ3) is 6.88. The van der Waals surface area contributed by atoms with Crippen LogP contribution >= 0.6 is 0 Å². The van der Waals surface area contributed by atoms with Crippen molar-refractivity contribution in [3.05, 3.63) is 96.0 Å². The highest BCUT2D eigenvalue weighted by molar-refractivity contribution is 6.00. The fraction of sp³-hybridized carbons (Fsp3) is 0.125. The average molecular weight is 432 g/mol. The maximum absolute atomic E-state index is 12.4. The molecule has 1 aliphatic rings. The first-order chi connectivity index (χ1) is 15.4. The number of amides is 3. The molecule has 0 bridgehead atoms. The van der Waals surface area contributed by atoms with Gasteiger partial charge in [0.15, 0.2) is 0 Å². The van der Waals surface area contributed by atoms with Crippen LogP contribution in [0.15, 0.2) is 84.9 Å². The lowest BCUT2D eigenvalue weighted by Gasteiger charge is -2.11. The molecule has 8 heteroatoms. The molecule has 3 amide bonds. The number of carboxylic acids is 1. The number of urea groups is 1. The van der Waals surface area contributed by atoms with Crippen LogP contribution in [0, 0.1) is 6.92 Å². The lowest BCUT2D eigenvalue weighted by atomic mass is 10.1. The zero-order valence-electron chi connectivity index (χ0n) is 17.5. The van der Waals surface area contributed by atoms with Gasteiger partial charge in [-0.25, -0.2) is 4.79 Å². The molecule has 0 spiro atoms. The molecule has 0 atom stereocenters. The van der Waals surface area contributed by atoms with Crippen LogP contribution in [0.5, 0.6) is 0 Å². The number of carbonyl (C=O) groups is 3. The van der Waals surface area contributed by atoms with E-state index in [1.54, 1.807) is 54.9 Å². The van der Waals surface area contributed by atoms with Crippen molar-refractivity contribution >= 4 is 29.3 Å². The Morgan fingerprint density at radius 2 is 1.78 bits per heavy atom. The number of hydrogen-bond donors (Lipinski definition) is 4. The van der Waals surface area contributed by atoms with Gasteiger partial charge in [0.05, 0.1) is 6.42 Å². The summed E-state index contributed by atoms with van der Waals surface area (Å²) < 4.78 is 0. The summed E-state index contributed by atoms with van der Waals surface area (Å²) in [5.41, 5.74) is 3.53. The van der Waals surface area contributed by atoms with Crippen LogP contribution in [0.2, 0.25) is 0 Å². The molecule has 164 valence electrons. The quantitative estimate of drug-likeness (QED) is 0.534. The molecular weight excluding hydrogens is 408 g/mol. The molecule has 3 rings (SSSR count). The number of carboxylic acid groups (broad SMARTS) is 1. The van der Waals surface area contributed by atoms with Crippen LogP contribution in [0.4, 0.5) is 16.2 Å². The van der Waals surface area contributed by atoms with Crippen molar-refractivity contribution in [1.82, 2.24) is 10.2 Å². The van der Waals surface area contributed by atoms with Gasteiger partial charge in [-0.2, -0.15) is 0 Å². The Kier molecular flexibility index (Phi) is 7.42. The summed E-state index contributed by atoms with van der Waals surface area (Å²) in [4.78, 5) is 37.1. The number of aryl methyl sites for hydroxylation is 1. The van der Waals surface area contributed by atoms with Crippen molar-refractivity contribution in [3.63, 3.8) is 0 Å². The number of allylic oxidation sites excluding steroid dienone is 3. The molecule has 0 saturated carbocycles. The lowest BCUT2D eigenvalue weighted by molar-refractivity contribution is -0.137. The Bertz CT molecular complexity index is 1100. The Hall–Kier alpha value is -4.33. The minimum absolute atomic E-state index is 0.114. The SMILES string of the molecule is Cc1ccccc1NC(=O)Nc1cccc(CC(=O)NC2=CC=CN(CC(=O)O)C=C2)c1. The summed E-state index contributed by atoms with van der Waals surface area (Å²) in [5, 5.41) is 17.2. The lowest BCUT2D eigenvalue weighted by Crippen LogP contribution is -2.24. The van der Waals surface area contributed by atoms with Crippen LogP contribution in [0.25, 0.3) is 0 Å². The molecule has 0 unspecified atom stereocenters. The van der Waals surface area contributed by atoms with Crippen molar-refractivity contribution in [2.45, 2.75) is 13.3 Å². The van der Waals surface area contributed by atoms with E-state index in [1.165, 1.54) is 4.90 Å². The van der Waals surface area contributed by atoms with Crippen molar-refractivity contribution in [3.8, 4) is 0 Å². The van der Waals surface area contributed by atoms with Gasteiger partial charge < -0.3 is 26.0 Å². The smallest absolute Gasteiger partial charge is 0.323 e. The van der Waals surface area contributed by atoms with Crippen molar-refractivity contribution < 1.29 is 19.5 Å². The second-order valence-electron chi connectivity index (χ2n) is 7.16. The minimum atomic E-state index is -0.951. The van der Waals surface area contributed by atoms with Crippen molar-refractivity contribution in [1.29, 1.82) is 0 Å². The molecule has 8 nitrogen and oxygen atoms in total. The molecular formula is C24H24N4O4. The van der Waals surface area contributed by atoms with Gasteiger partial charge in [0.25, 0.3) is 0 Å². The zero-order valence-corrected chi connectivity index (χ0v) is 17.5. The van der Waals surface area contributed by atoms with E-state index >= 15 is 0 Å². The maximum atomic E-state index is 12.4. The monoisotopic (exact) mass is 432 g/mol. The Labute approximate surface area is 185 Å². The largest absolute Gasteiger partial charge is 0.480 e. The van der Waals surface area contributed by atoms with Gasteiger partial charge in [0.2, 0.25) is 5.91 Å². The molecule has 0 fully saturated rings. The minimum Gasteiger partial charge on any atom is -0.480 e. The van der Waals surface area contributed by atoms with Crippen LogP contribution in [0.3, 0.4) is 0 Å². The molecule has 4 N–H and O–H groups in total. The number of hydrogen-bond acceptors (Lipinski definition) is 4. The summed E-state index contributed by atoms with van der Waals surface area (Å²) >= 11 is 0. The molecule has 0 radical (unpaired) electrons. The van der Waals surface area contributed by atoms with Crippen LogP contribution in [-0.2, 0) is 16.0 Å². The number of aliphatic carboxylic acids is 1. The molecule has 0 aromatic heterocycles. The molecule has 2 aromatic rings. The molecule has 2 aromatic carbocycles. The van der Waals surface area contributed by atoms with Crippen LogP contribution < -0.4 is 16.0 Å². The number of carbonyl (C=O) groups excluding carboxylic acids is 2. The van der Waals surface area contributed by atoms with Crippen molar-refractivity contribution in [2.75, 3.05) is 17.2 Å². The van der Waals surface area contributed by atoms with E-state index in [9.17, 15) is 14.4 Å². The van der Waals surface area contributed by atoms with E-state index in [-0.39, 0.29) is 24.9 Å². The summed E-state index contributed by atoms with van der Waals surface area (Å²) in [6.07, 6.45) is 8.29. The van der Waals surface area contributed by atoms with Gasteiger partial charge in [-0.05, 0) is 54.5 Å². The predicted molar refractivity (Wildman–Crippen MR) is 123 cm³/mol. The number of nitrogens with one attached hydrogen (secondary N) is 3. The average Bonchev–Trinajstić information content (AvgIpc) is 2.94. The highest BCUT2D eigenvalue weighted by atomic mass is 16.4. The Morgan fingerprint density at radius 1 is 0.969 bits per heavy atom. The molecule has 32 heavy (non-hydrogen) atoms. The second kappa shape index (κ2) is 10.6. The van der Waals surface area contributed by atoms with Gasteiger partial charge in [-0.15, -0.1) is 0 Å². The van der Waals surface area contributed by atoms with E-state index in [4.69, 9.17) is 5.11 Å². The predicted octanol–water partition coefficient (Wildman–Crippen LogP) is 3.61. The Balaban J connectivity index is 1.55. The highest BCUT2D eigenvalue weighted by Gasteiger charge is 2.09. The number of para-hydroxylation sites is 1. The second-order valence-corrected chi connectivity index (χ2v) is 7.16. The fourth-order valence-corrected chi connectivity index (χ4v) is 3.03. The molecule has 0 saturated heterocycles. The highest BCUT2D eigenvalue weighted by Crippen LogP contribution is 2.15. The van der Waals surface area contributed by atoms with E-state index in [0.29, 0.717) is 11.4 Å². The van der Waals surface area contributed by atoms with Gasteiger partial charge in [0, 0.05) is 29.5 Å². The first kappa shape index (κ1) is 22.4. The maximum Gasteiger partial charge on any atom is 0.323 e. The topological polar surface area (TPSA) is 111 Å². The first-order valence-electron chi connectivity index (χ1n) is 9.96. The molecule has 1 aliphatic heterocycles. The summed E-state index contributed by atoms with van der Waals surface area (Å²) in [7, 11) is 0. The first-order valence-corrected chi connectivity index (χ1v) is 9.96. The third-order valence-electron chi connectivity index (χ3n) is 4.54. The van der Waals surface area contributed by atoms with Crippen LogP contribution in [0.1, 0.15) is 11.1 Å². The number of benzene rings is 2. The Morgan fingerprint density at radius 3 is 2.56 bits per heavy atom. The normalized spacial score (nSPS) is 12.5. The number of anilines is 2. The van der Waals surface area contributed by atoms with Gasteiger partial charge >= 0.3 is 12.0 Å². The van der Waals surface area contributed by atoms with E-state index in [1.807, 2.05) is 31.2 Å². The van der Waals surface area contributed by atoms with Gasteiger partial charge in [-0.1, -0.05) is 30.3 Å². The van der Waals surface area contributed by atoms with Gasteiger partial charge in [0.1, 0.15) is 6.54 Å². The standard InChI is InChI=1S/C24H24N4O4/c1-17-6-2-3-10-21(17)27-24(32)26-20-8-4-7-18(14-20)15-22(29)25-19-9-5-12-28(13-11-19)16-23(30)31/h2-14H,15-16H2,1H3,(H,25,29)(H,30,31)(H2,26,27,32). The number of rotatable bonds is 7.